The SMILES string of the molecule is CC/C=C\C/C=C\C/C=C\C/C=C\C/C=C\C/C=C\C/C=C\C/C=C\C/C=C\C/C=C\CCCCCCC(=O)OCC(COC(=O)CCCCCCCCCCC)OC(=O)CCCCCCC/C=C\CCCCC. The average molecular weight is 1020 g/mol. The van der Waals surface area contributed by atoms with Crippen molar-refractivity contribution in [3.8, 4) is 0 Å². The molecule has 0 heterocycles. The topological polar surface area (TPSA) is 78.9 Å². The minimum absolute atomic E-state index is 0.0905. The van der Waals surface area contributed by atoms with Gasteiger partial charge in [-0.25, -0.2) is 0 Å². The van der Waals surface area contributed by atoms with E-state index in [1.54, 1.807) is 0 Å². The number of carbonyl (C=O) groups is 3. The van der Waals surface area contributed by atoms with E-state index in [1.165, 1.54) is 70.6 Å². The fraction of sp³-hybridized carbons (Fsp3) is 0.632. The molecule has 0 aliphatic heterocycles. The number of hydrogen-bond donors (Lipinski definition) is 0. The number of esters is 3. The normalized spacial score (nSPS) is 13.1. The van der Waals surface area contributed by atoms with E-state index in [0.29, 0.717) is 19.3 Å². The van der Waals surface area contributed by atoms with Crippen molar-refractivity contribution >= 4 is 17.9 Å². The van der Waals surface area contributed by atoms with E-state index in [-0.39, 0.29) is 31.1 Å². The molecule has 0 bridgehead atoms. The van der Waals surface area contributed by atoms with Crippen LogP contribution in [0, 0.1) is 0 Å². The maximum Gasteiger partial charge on any atom is 0.306 e. The lowest BCUT2D eigenvalue weighted by atomic mass is 10.1. The number of ether oxygens (including phenoxy) is 3. The molecule has 0 radical (unpaired) electrons. The second kappa shape index (κ2) is 61.1. The van der Waals surface area contributed by atoms with Crippen molar-refractivity contribution in [1.29, 1.82) is 0 Å². The lowest BCUT2D eigenvalue weighted by Gasteiger charge is -2.18. The molecular formula is C68H110O6. The van der Waals surface area contributed by atoms with Gasteiger partial charge in [0, 0.05) is 19.3 Å². The zero-order valence-corrected chi connectivity index (χ0v) is 47.8. The van der Waals surface area contributed by atoms with Crippen LogP contribution in [0.25, 0.3) is 0 Å². The van der Waals surface area contributed by atoms with Crippen molar-refractivity contribution in [2.45, 2.75) is 264 Å². The Hall–Kier alpha value is -4.45. The number of rotatable bonds is 53. The lowest BCUT2D eigenvalue weighted by Crippen LogP contribution is -2.30. The molecule has 0 aliphatic carbocycles. The molecule has 418 valence electrons. The Balaban J connectivity index is 4.22. The maximum absolute atomic E-state index is 12.8. The monoisotopic (exact) mass is 1020 g/mol. The third-order valence-electron chi connectivity index (χ3n) is 12.4. The maximum atomic E-state index is 12.8. The molecular weight excluding hydrogens is 913 g/mol. The molecule has 0 rings (SSSR count). The van der Waals surface area contributed by atoms with Crippen LogP contribution in [0.4, 0.5) is 0 Å². The van der Waals surface area contributed by atoms with E-state index in [2.05, 4.69) is 154 Å². The quantitative estimate of drug-likeness (QED) is 0.0261. The molecule has 1 unspecified atom stereocenters. The summed E-state index contributed by atoms with van der Waals surface area (Å²) >= 11 is 0. The van der Waals surface area contributed by atoms with Crippen LogP contribution in [0.5, 0.6) is 0 Å². The molecule has 0 saturated carbocycles. The zero-order valence-electron chi connectivity index (χ0n) is 47.8. The Morgan fingerprint density at radius 1 is 0.284 bits per heavy atom. The van der Waals surface area contributed by atoms with Crippen LogP contribution in [0.1, 0.15) is 258 Å². The molecule has 6 nitrogen and oxygen atoms in total. The predicted octanol–water partition coefficient (Wildman–Crippen LogP) is 20.6. The highest BCUT2D eigenvalue weighted by atomic mass is 16.6. The van der Waals surface area contributed by atoms with Crippen molar-refractivity contribution < 1.29 is 28.6 Å². The standard InChI is InChI=1S/C68H110O6/c1-4-7-10-13-16-19-21-23-24-25-26-27-28-29-30-31-32-33-34-35-36-37-38-39-40-41-42-43-44-45-47-49-52-55-58-61-67(70)73-64-65(63-72-66(69)60-57-54-51-48-18-15-12-9-6-3)74-68(71)62-59-56-53-50-46-22-20-17-14-11-8-5-2/h7,10,16-17,19-20,23-24,26-27,29-30,32-33,35-36,38-39,41-42,44-45,65H,4-6,8-9,11-15,18,21-22,25,28,31,34,37,40,43,46-64H2,1-3H3/b10-7-,19-16-,20-17-,24-23-,27-26-,30-29-,33-32-,36-35-,39-38-,42-41-,45-44-. The van der Waals surface area contributed by atoms with E-state index in [9.17, 15) is 14.4 Å². The van der Waals surface area contributed by atoms with Gasteiger partial charge in [-0.3, -0.25) is 14.4 Å². The predicted molar refractivity (Wildman–Crippen MR) is 320 cm³/mol. The summed E-state index contributed by atoms with van der Waals surface area (Å²) in [5, 5.41) is 0. The van der Waals surface area contributed by atoms with E-state index < -0.39 is 6.10 Å². The first-order chi connectivity index (χ1) is 36.5. The summed E-state index contributed by atoms with van der Waals surface area (Å²) < 4.78 is 16.8. The molecule has 0 saturated heterocycles. The van der Waals surface area contributed by atoms with Gasteiger partial charge in [0.05, 0.1) is 0 Å². The van der Waals surface area contributed by atoms with Gasteiger partial charge >= 0.3 is 17.9 Å². The number of allylic oxidation sites excluding steroid dienone is 22. The van der Waals surface area contributed by atoms with Crippen LogP contribution >= 0.6 is 0 Å². The summed E-state index contributed by atoms with van der Waals surface area (Å²) in [7, 11) is 0. The van der Waals surface area contributed by atoms with Gasteiger partial charge in [0.25, 0.3) is 0 Å². The highest BCUT2D eigenvalue weighted by Crippen LogP contribution is 2.14. The fourth-order valence-corrected chi connectivity index (χ4v) is 7.88. The van der Waals surface area contributed by atoms with Gasteiger partial charge in [0.15, 0.2) is 6.10 Å². The average Bonchev–Trinajstić information content (AvgIpc) is 3.40. The summed E-state index contributed by atoms with van der Waals surface area (Å²) in [5.74, 6) is -0.933. The molecule has 1 atom stereocenters. The first-order valence-corrected chi connectivity index (χ1v) is 30.2. The first-order valence-electron chi connectivity index (χ1n) is 30.2. The Morgan fingerprint density at radius 3 is 0.865 bits per heavy atom. The number of unbranched alkanes of at least 4 members (excludes halogenated alkanes) is 20. The Bertz CT molecular complexity index is 1600. The van der Waals surface area contributed by atoms with Crippen molar-refractivity contribution in [1.82, 2.24) is 0 Å². The van der Waals surface area contributed by atoms with Crippen LogP contribution in [0.2, 0.25) is 0 Å². The molecule has 74 heavy (non-hydrogen) atoms. The largest absolute Gasteiger partial charge is 0.462 e. The summed E-state index contributed by atoms with van der Waals surface area (Å²) in [6.45, 7) is 6.44. The van der Waals surface area contributed by atoms with Crippen molar-refractivity contribution in [3.63, 3.8) is 0 Å². The molecule has 0 N–H and O–H groups in total. The number of hydrogen-bond acceptors (Lipinski definition) is 6. The third kappa shape index (κ3) is 58.4. The van der Waals surface area contributed by atoms with Crippen LogP contribution in [-0.2, 0) is 28.6 Å². The van der Waals surface area contributed by atoms with E-state index >= 15 is 0 Å². The molecule has 0 spiro atoms. The summed E-state index contributed by atoms with van der Waals surface area (Å²) in [4.78, 5) is 38.0. The van der Waals surface area contributed by atoms with Gasteiger partial charge in [-0.05, 0) is 122 Å². The van der Waals surface area contributed by atoms with Gasteiger partial charge < -0.3 is 14.2 Å². The van der Waals surface area contributed by atoms with Crippen LogP contribution < -0.4 is 0 Å². The van der Waals surface area contributed by atoms with Crippen LogP contribution in [0.3, 0.4) is 0 Å². The van der Waals surface area contributed by atoms with Gasteiger partial charge in [-0.1, -0.05) is 251 Å². The number of carbonyl (C=O) groups excluding carboxylic acids is 3. The first kappa shape index (κ1) is 69.5. The van der Waals surface area contributed by atoms with Crippen LogP contribution in [0.15, 0.2) is 134 Å². The Labute approximate surface area is 455 Å². The van der Waals surface area contributed by atoms with E-state index in [1.807, 2.05) is 0 Å². The molecule has 0 aromatic carbocycles. The minimum atomic E-state index is -0.793. The Kier molecular flexibility index (Phi) is 57.4. The highest BCUT2D eigenvalue weighted by Gasteiger charge is 2.19. The third-order valence-corrected chi connectivity index (χ3v) is 12.4. The summed E-state index contributed by atoms with van der Waals surface area (Å²) in [5.41, 5.74) is 0. The zero-order chi connectivity index (χ0) is 53.6. The van der Waals surface area contributed by atoms with Gasteiger partial charge in [0.2, 0.25) is 0 Å². The molecule has 6 heteroatoms. The second-order valence-corrected chi connectivity index (χ2v) is 19.5. The van der Waals surface area contributed by atoms with Gasteiger partial charge in [0.1, 0.15) is 13.2 Å². The smallest absolute Gasteiger partial charge is 0.306 e. The van der Waals surface area contributed by atoms with Gasteiger partial charge in [-0.2, -0.15) is 0 Å². The van der Waals surface area contributed by atoms with Crippen molar-refractivity contribution in [2.75, 3.05) is 13.2 Å². The minimum Gasteiger partial charge on any atom is -0.462 e. The fourth-order valence-electron chi connectivity index (χ4n) is 7.88. The molecule has 0 aliphatic rings. The molecule has 0 amide bonds. The van der Waals surface area contributed by atoms with E-state index in [4.69, 9.17) is 14.2 Å². The lowest BCUT2D eigenvalue weighted by molar-refractivity contribution is -0.167. The molecule has 0 aromatic rings. The van der Waals surface area contributed by atoms with Gasteiger partial charge in [-0.15, -0.1) is 0 Å². The molecule has 0 aromatic heterocycles. The second-order valence-electron chi connectivity index (χ2n) is 19.5. The van der Waals surface area contributed by atoms with Crippen molar-refractivity contribution in [2.24, 2.45) is 0 Å². The molecule has 0 fully saturated rings. The van der Waals surface area contributed by atoms with Crippen LogP contribution in [-0.4, -0.2) is 37.2 Å². The Morgan fingerprint density at radius 2 is 0.527 bits per heavy atom. The van der Waals surface area contributed by atoms with Crippen molar-refractivity contribution in [3.05, 3.63) is 134 Å². The highest BCUT2D eigenvalue weighted by molar-refractivity contribution is 5.71. The van der Waals surface area contributed by atoms with E-state index in [0.717, 1.165) is 148 Å². The summed E-state index contributed by atoms with van der Waals surface area (Å²) in [6, 6.07) is 0. The summed E-state index contributed by atoms with van der Waals surface area (Å²) in [6.07, 6.45) is 86.1.